The van der Waals surface area contributed by atoms with Gasteiger partial charge in [-0.05, 0) is 37.0 Å². The van der Waals surface area contributed by atoms with Gasteiger partial charge >= 0.3 is 6.09 Å². The van der Waals surface area contributed by atoms with Crippen LogP contribution in [0.4, 0.5) is 9.18 Å². The molecule has 2 aliphatic rings. The second kappa shape index (κ2) is 11.5. The van der Waals surface area contributed by atoms with Crippen molar-refractivity contribution in [2.45, 2.75) is 38.0 Å². The number of imidazole rings is 1. The van der Waals surface area contributed by atoms with E-state index in [0.29, 0.717) is 58.6 Å². The van der Waals surface area contributed by atoms with Crippen LogP contribution in [0.1, 0.15) is 40.8 Å². The number of pyridine rings is 1. The van der Waals surface area contributed by atoms with E-state index < -0.39 is 24.9 Å². The number of fused-ring (bicyclic) bond motifs is 3. The number of hydrogen-bond donors (Lipinski definition) is 3. The van der Waals surface area contributed by atoms with E-state index in [1.165, 1.54) is 17.5 Å². The molecule has 0 radical (unpaired) electrons. The lowest BCUT2D eigenvalue weighted by Crippen LogP contribution is -2.48. The van der Waals surface area contributed by atoms with E-state index in [1.807, 2.05) is 29.8 Å². The summed E-state index contributed by atoms with van der Waals surface area (Å²) in [5, 5.41) is 22.6. The Bertz CT molecular complexity index is 1900. The van der Waals surface area contributed by atoms with Crippen LogP contribution in [0.15, 0.2) is 47.3 Å². The van der Waals surface area contributed by atoms with Crippen molar-refractivity contribution in [2.75, 3.05) is 26.4 Å². The Morgan fingerprint density at radius 3 is 2.84 bits per heavy atom. The maximum absolute atomic E-state index is 13.5. The second-order valence-corrected chi connectivity index (χ2v) is 11.6. The third-order valence-electron chi connectivity index (χ3n) is 8.44. The quantitative estimate of drug-likeness (QED) is 0.201. The number of aliphatic hydroxyl groups is 1. The first kappa shape index (κ1) is 28.8. The average Bonchev–Trinajstić information content (AvgIpc) is 3.39. The molecule has 234 valence electrons. The van der Waals surface area contributed by atoms with Gasteiger partial charge in [0.05, 0.1) is 34.7 Å². The molecule has 2 atom stereocenters. The molecular formula is C31H32FN7O6. The van der Waals surface area contributed by atoms with Gasteiger partial charge in [0.15, 0.2) is 23.6 Å². The number of alkyl halides is 1. The lowest BCUT2D eigenvalue weighted by molar-refractivity contribution is 0.0712. The topological polar surface area (TPSA) is 161 Å². The van der Waals surface area contributed by atoms with Gasteiger partial charge in [-0.25, -0.2) is 24.1 Å². The molecule has 14 heteroatoms. The Hall–Kier alpha value is -4.98. The molecule has 3 N–H and O–H groups in total. The van der Waals surface area contributed by atoms with Gasteiger partial charge in [-0.1, -0.05) is 12.1 Å². The number of nitrogens with one attached hydrogen (secondary N) is 1. The monoisotopic (exact) mass is 617 g/mol. The number of carbonyl (C=O) groups is 2. The summed E-state index contributed by atoms with van der Waals surface area (Å²) < 4.78 is 28.9. The van der Waals surface area contributed by atoms with Crippen LogP contribution >= 0.6 is 0 Å². The minimum absolute atomic E-state index is 0.0104. The predicted molar refractivity (Wildman–Crippen MR) is 160 cm³/mol. The number of hydrogen-bond acceptors (Lipinski definition) is 8. The summed E-state index contributed by atoms with van der Waals surface area (Å²) in [7, 11) is 1.90. The van der Waals surface area contributed by atoms with Gasteiger partial charge in [-0.2, -0.15) is 0 Å². The zero-order valence-electron chi connectivity index (χ0n) is 24.5. The van der Waals surface area contributed by atoms with Crippen LogP contribution in [-0.4, -0.2) is 83.6 Å². The second-order valence-electron chi connectivity index (χ2n) is 11.6. The fourth-order valence-electron chi connectivity index (χ4n) is 6.00. The molecule has 1 aliphatic heterocycles. The van der Waals surface area contributed by atoms with Crippen molar-refractivity contribution in [3.8, 4) is 17.3 Å². The fourth-order valence-corrected chi connectivity index (χ4v) is 6.00. The molecule has 1 unspecified atom stereocenters. The zero-order valence-corrected chi connectivity index (χ0v) is 24.5. The molecule has 45 heavy (non-hydrogen) atoms. The summed E-state index contributed by atoms with van der Waals surface area (Å²) in [6, 6.07) is 8.57. The van der Waals surface area contributed by atoms with E-state index in [9.17, 15) is 19.1 Å². The van der Waals surface area contributed by atoms with Gasteiger partial charge in [0.2, 0.25) is 0 Å². The number of aryl methyl sites for hydroxylation is 1. The first-order valence-corrected chi connectivity index (χ1v) is 14.8. The van der Waals surface area contributed by atoms with Crippen LogP contribution in [0.3, 0.4) is 0 Å². The number of aromatic nitrogens is 5. The highest BCUT2D eigenvalue weighted by molar-refractivity contribution is 5.99. The van der Waals surface area contributed by atoms with Crippen LogP contribution in [0.5, 0.6) is 5.75 Å². The molecule has 1 saturated carbocycles. The maximum Gasteiger partial charge on any atom is 0.405 e. The minimum atomic E-state index is -1.34. The van der Waals surface area contributed by atoms with Crippen molar-refractivity contribution in [3.63, 3.8) is 0 Å². The molecule has 1 aromatic carbocycles. The number of para-hydroxylation sites is 1. The SMILES string of the molecule is Cn1c(-c2cc3cccc(OCC(O)c4cnco4)c3n2CC2CC2)nc2cc3c(nc21)CCN(C[C@@H](CF)NC(=O)O)C3=O. The highest BCUT2D eigenvalue weighted by atomic mass is 19.1. The summed E-state index contributed by atoms with van der Waals surface area (Å²) in [5.41, 5.74) is 3.95. The number of benzene rings is 1. The number of amides is 2. The highest BCUT2D eigenvalue weighted by Gasteiger charge is 2.31. The molecule has 5 aromatic rings. The first-order chi connectivity index (χ1) is 21.8. The number of rotatable bonds is 11. The summed E-state index contributed by atoms with van der Waals surface area (Å²) in [6.07, 6.45) is 3.13. The Labute approximate surface area is 256 Å². The smallest absolute Gasteiger partial charge is 0.405 e. The molecule has 0 saturated heterocycles. The van der Waals surface area contributed by atoms with Crippen molar-refractivity contribution in [1.29, 1.82) is 0 Å². The maximum atomic E-state index is 13.5. The van der Waals surface area contributed by atoms with Crippen LogP contribution in [0.2, 0.25) is 0 Å². The number of nitrogens with zero attached hydrogens (tertiary/aromatic N) is 6. The summed E-state index contributed by atoms with van der Waals surface area (Å²) >= 11 is 0. The highest BCUT2D eigenvalue weighted by Crippen LogP contribution is 2.39. The first-order valence-electron chi connectivity index (χ1n) is 14.8. The molecule has 1 aliphatic carbocycles. The summed E-state index contributed by atoms with van der Waals surface area (Å²) in [5.74, 6) is 1.82. The molecule has 5 heterocycles. The van der Waals surface area contributed by atoms with Crippen molar-refractivity contribution in [3.05, 3.63) is 59.9 Å². The van der Waals surface area contributed by atoms with Crippen molar-refractivity contribution < 1.29 is 33.3 Å². The van der Waals surface area contributed by atoms with Gasteiger partial charge in [-0.15, -0.1) is 0 Å². The van der Waals surface area contributed by atoms with Gasteiger partial charge in [-0.3, -0.25) is 4.79 Å². The third-order valence-corrected chi connectivity index (χ3v) is 8.44. The van der Waals surface area contributed by atoms with Gasteiger partial charge in [0.25, 0.3) is 5.91 Å². The predicted octanol–water partition coefficient (Wildman–Crippen LogP) is 3.70. The Morgan fingerprint density at radius 1 is 1.27 bits per heavy atom. The molecule has 1 fully saturated rings. The molecule has 0 bridgehead atoms. The van der Waals surface area contributed by atoms with Gasteiger partial charge < -0.3 is 38.7 Å². The lowest BCUT2D eigenvalue weighted by Gasteiger charge is -2.30. The van der Waals surface area contributed by atoms with E-state index >= 15 is 0 Å². The van der Waals surface area contributed by atoms with Crippen molar-refractivity contribution in [1.82, 2.24) is 34.3 Å². The molecule has 7 rings (SSSR count). The normalized spacial score (nSPS) is 16.2. The van der Waals surface area contributed by atoms with Crippen LogP contribution in [0.25, 0.3) is 33.6 Å². The van der Waals surface area contributed by atoms with E-state index in [2.05, 4.69) is 20.9 Å². The molecular weight excluding hydrogens is 585 g/mol. The van der Waals surface area contributed by atoms with E-state index in [-0.39, 0.29) is 19.1 Å². The Balaban J connectivity index is 1.24. The van der Waals surface area contributed by atoms with Crippen LogP contribution in [0, 0.1) is 5.92 Å². The molecule has 4 aromatic heterocycles. The number of aliphatic hydroxyl groups excluding tert-OH is 1. The van der Waals surface area contributed by atoms with Crippen LogP contribution in [-0.2, 0) is 20.0 Å². The molecule has 2 amide bonds. The summed E-state index contributed by atoms with van der Waals surface area (Å²) in [4.78, 5) is 39.5. The van der Waals surface area contributed by atoms with E-state index in [0.717, 1.165) is 36.0 Å². The standard InChI is InChI=1S/C31H32FN7O6/c1-37-28-22(10-20-21(35-28)7-8-38(30(20)41)14-19(11-32)34-31(42)43)36-29(37)23-9-18-3-2-4-25(27(18)39(23)13-17-5-6-17)44-15-24(40)26-12-33-16-45-26/h2-4,9-10,12,16-17,19,24,34,40H,5-8,11,13-15H2,1H3,(H,42,43)/t19-,24?/m1/s1. The number of carbonyl (C=O) groups excluding carboxylic acids is 1. The average molecular weight is 618 g/mol. The van der Waals surface area contributed by atoms with Crippen LogP contribution < -0.4 is 10.1 Å². The molecule has 13 nitrogen and oxygen atoms in total. The molecule has 0 spiro atoms. The van der Waals surface area contributed by atoms with Crippen molar-refractivity contribution in [2.24, 2.45) is 13.0 Å². The number of oxazole rings is 1. The number of carboxylic acid groups (broad SMARTS) is 1. The minimum Gasteiger partial charge on any atom is -0.488 e. The summed E-state index contributed by atoms with van der Waals surface area (Å²) in [6.45, 7) is 0.0611. The van der Waals surface area contributed by atoms with Crippen molar-refractivity contribution >= 4 is 34.1 Å². The Morgan fingerprint density at radius 2 is 2.11 bits per heavy atom. The largest absolute Gasteiger partial charge is 0.488 e. The number of halogens is 1. The van der Waals surface area contributed by atoms with Gasteiger partial charge in [0.1, 0.15) is 30.7 Å². The lowest BCUT2D eigenvalue weighted by atomic mass is 10.0. The fraction of sp³-hybridized carbons (Fsp3) is 0.387. The Kier molecular flexibility index (Phi) is 7.36. The number of ether oxygens (including phenoxy) is 1. The van der Waals surface area contributed by atoms with E-state index in [4.69, 9.17) is 24.2 Å². The zero-order chi connectivity index (χ0) is 31.2. The van der Waals surface area contributed by atoms with E-state index in [1.54, 1.807) is 6.07 Å². The third kappa shape index (κ3) is 5.45. The van der Waals surface area contributed by atoms with Gasteiger partial charge in [0, 0.05) is 38.5 Å².